The van der Waals surface area contributed by atoms with Crippen LogP contribution in [0.1, 0.15) is 20.3 Å². The van der Waals surface area contributed by atoms with Gasteiger partial charge in [0.15, 0.2) is 0 Å². The molecule has 12 heavy (non-hydrogen) atoms. The Morgan fingerprint density at radius 2 is 2.25 bits per heavy atom. The molecule has 0 aromatic heterocycles. The maximum atomic E-state index is 11.5. The third-order valence-electron chi connectivity index (χ3n) is 1.73. The predicted molar refractivity (Wildman–Crippen MR) is 46.0 cm³/mol. The number of carbonyl (C=O) groups is 1. The predicted octanol–water partition coefficient (Wildman–Crippen LogP) is 1.63. The molecule has 0 saturated heterocycles. The fraction of sp³-hybridized carbons (Fsp3) is 0.444. The van der Waals surface area contributed by atoms with Crippen LogP contribution >= 0.6 is 0 Å². The molecule has 0 N–H and O–H groups in total. The molecule has 0 bridgehead atoms. The lowest BCUT2D eigenvalue weighted by Crippen LogP contribution is -2.29. The molecule has 0 radical (unpaired) electrons. The van der Waals surface area contributed by atoms with E-state index in [2.05, 4.69) is 0 Å². The van der Waals surface area contributed by atoms with Crippen molar-refractivity contribution in [2.75, 3.05) is 6.54 Å². The molecule has 0 spiro atoms. The van der Waals surface area contributed by atoms with E-state index in [1.807, 2.05) is 13.8 Å². The first-order chi connectivity index (χ1) is 5.79. The summed E-state index contributed by atoms with van der Waals surface area (Å²) in [6.07, 6.45) is 5.79. The van der Waals surface area contributed by atoms with Crippen molar-refractivity contribution < 1.29 is 9.63 Å². The summed E-state index contributed by atoms with van der Waals surface area (Å²) in [5.74, 6) is -0.0370. The summed E-state index contributed by atoms with van der Waals surface area (Å²) in [5.41, 5.74) is 0.783. The van der Waals surface area contributed by atoms with Gasteiger partial charge in [0.25, 0.3) is 5.91 Å². The number of nitrogens with zero attached hydrogens (tertiary/aromatic N) is 1. The molecule has 1 aliphatic rings. The Morgan fingerprint density at radius 3 is 2.83 bits per heavy atom. The number of likely N-dealkylation sites (N-methyl/N-ethyl adjacent to an activating group) is 1. The van der Waals surface area contributed by atoms with Crippen molar-refractivity contribution in [1.29, 1.82) is 0 Å². The minimum Gasteiger partial charge on any atom is -0.384 e. The van der Waals surface area contributed by atoms with Gasteiger partial charge in [-0.1, -0.05) is 13.0 Å². The van der Waals surface area contributed by atoms with Crippen molar-refractivity contribution >= 4 is 5.91 Å². The first-order valence-corrected chi connectivity index (χ1v) is 4.14. The summed E-state index contributed by atoms with van der Waals surface area (Å²) >= 11 is 0. The van der Waals surface area contributed by atoms with E-state index in [0.717, 1.165) is 12.0 Å². The highest BCUT2D eigenvalue weighted by molar-refractivity contribution is 5.93. The lowest BCUT2D eigenvalue weighted by molar-refractivity contribution is -0.161. The Balaban J connectivity index is 2.81. The second-order valence-electron chi connectivity index (χ2n) is 2.48. The van der Waals surface area contributed by atoms with Crippen molar-refractivity contribution in [3.05, 3.63) is 24.0 Å². The summed E-state index contributed by atoms with van der Waals surface area (Å²) < 4.78 is 0. The summed E-state index contributed by atoms with van der Waals surface area (Å²) in [4.78, 5) is 16.5. The van der Waals surface area contributed by atoms with Crippen LogP contribution in [0.5, 0.6) is 0 Å². The quantitative estimate of drug-likeness (QED) is 0.625. The van der Waals surface area contributed by atoms with Crippen molar-refractivity contribution in [3.63, 3.8) is 0 Å². The summed E-state index contributed by atoms with van der Waals surface area (Å²) in [5, 5.41) is 1.35. The highest BCUT2D eigenvalue weighted by Gasteiger charge is 2.16. The van der Waals surface area contributed by atoms with Crippen LogP contribution in [-0.2, 0) is 9.63 Å². The molecule has 3 nitrogen and oxygen atoms in total. The number of hydroxylamine groups is 2. The number of hydrogen-bond acceptors (Lipinski definition) is 2. The van der Waals surface area contributed by atoms with Crippen LogP contribution in [0, 0.1) is 0 Å². The molecular formula is C9H13NO2. The molecule has 1 aliphatic heterocycles. The van der Waals surface area contributed by atoms with Gasteiger partial charge in [0.2, 0.25) is 0 Å². The number of allylic oxidation sites excluding steroid dienone is 2. The zero-order valence-corrected chi connectivity index (χ0v) is 7.41. The third kappa shape index (κ3) is 1.67. The van der Waals surface area contributed by atoms with Gasteiger partial charge in [0.1, 0.15) is 6.26 Å². The van der Waals surface area contributed by atoms with Crippen molar-refractivity contribution in [1.82, 2.24) is 5.06 Å². The normalized spacial score (nSPS) is 17.0. The lowest BCUT2D eigenvalue weighted by Gasteiger charge is -2.17. The Bertz CT molecular complexity index is 231. The molecule has 1 heterocycles. The first-order valence-electron chi connectivity index (χ1n) is 4.14. The maximum absolute atomic E-state index is 11.5. The van der Waals surface area contributed by atoms with E-state index in [1.165, 1.54) is 11.3 Å². The Hall–Kier alpha value is -1.25. The lowest BCUT2D eigenvalue weighted by atomic mass is 10.2. The van der Waals surface area contributed by atoms with E-state index in [4.69, 9.17) is 4.84 Å². The molecule has 66 valence electrons. The van der Waals surface area contributed by atoms with Gasteiger partial charge in [-0.2, -0.15) is 5.06 Å². The summed E-state index contributed by atoms with van der Waals surface area (Å²) in [6.45, 7) is 4.40. The standard InChI is InChI=1S/C9H13NO2/c1-3-8-6-5-7-12-10(4-2)9(8)11/h5-7H,3-4H2,1-2H3. The molecule has 0 aliphatic carbocycles. The summed E-state index contributed by atoms with van der Waals surface area (Å²) in [7, 11) is 0. The Kier molecular flexibility index (Phi) is 2.91. The first kappa shape index (κ1) is 8.84. The average Bonchev–Trinajstić information content (AvgIpc) is 2.27. The zero-order chi connectivity index (χ0) is 8.97. The van der Waals surface area contributed by atoms with Gasteiger partial charge >= 0.3 is 0 Å². The average molecular weight is 167 g/mol. The smallest absolute Gasteiger partial charge is 0.282 e. The fourth-order valence-corrected chi connectivity index (χ4v) is 1.03. The number of hydrogen-bond donors (Lipinski definition) is 0. The van der Waals surface area contributed by atoms with Gasteiger partial charge in [0.05, 0.1) is 6.54 Å². The fourth-order valence-electron chi connectivity index (χ4n) is 1.03. The van der Waals surface area contributed by atoms with Crippen LogP contribution < -0.4 is 0 Å². The van der Waals surface area contributed by atoms with Gasteiger partial charge in [-0.3, -0.25) is 4.79 Å². The molecule has 0 atom stereocenters. The molecule has 1 amide bonds. The number of carbonyl (C=O) groups excluding carboxylic acids is 1. The second kappa shape index (κ2) is 3.95. The topological polar surface area (TPSA) is 29.5 Å². The third-order valence-corrected chi connectivity index (χ3v) is 1.73. The highest BCUT2D eigenvalue weighted by Crippen LogP contribution is 2.10. The molecule has 0 aromatic carbocycles. The second-order valence-corrected chi connectivity index (χ2v) is 2.48. The molecular weight excluding hydrogens is 154 g/mol. The minimum atomic E-state index is -0.0370. The van der Waals surface area contributed by atoms with E-state index < -0.39 is 0 Å². The van der Waals surface area contributed by atoms with Gasteiger partial charge in [0, 0.05) is 5.57 Å². The molecule has 3 heteroatoms. The largest absolute Gasteiger partial charge is 0.384 e. The van der Waals surface area contributed by atoms with Crippen LogP contribution in [0.15, 0.2) is 24.0 Å². The van der Waals surface area contributed by atoms with Crippen molar-refractivity contribution in [2.45, 2.75) is 20.3 Å². The van der Waals surface area contributed by atoms with Gasteiger partial charge < -0.3 is 4.84 Å². The van der Waals surface area contributed by atoms with Crippen LogP contribution in [0.4, 0.5) is 0 Å². The van der Waals surface area contributed by atoms with Crippen LogP contribution in [-0.4, -0.2) is 17.5 Å². The molecule has 0 unspecified atom stereocenters. The maximum Gasteiger partial charge on any atom is 0.282 e. The van der Waals surface area contributed by atoms with E-state index in [-0.39, 0.29) is 5.91 Å². The monoisotopic (exact) mass is 167 g/mol. The van der Waals surface area contributed by atoms with Crippen molar-refractivity contribution in [2.24, 2.45) is 0 Å². The van der Waals surface area contributed by atoms with E-state index in [1.54, 1.807) is 12.2 Å². The minimum absolute atomic E-state index is 0.0370. The molecule has 0 saturated carbocycles. The van der Waals surface area contributed by atoms with Crippen LogP contribution in [0.2, 0.25) is 0 Å². The highest BCUT2D eigenvalue weighted by atomic mass is 16.7. The Morgan fingerprint density at radius 1 is 1.50 bits per heavy atom. The molecule has 0 fully saturated rings. The SMILES string of the molecule is CCC1=CC=CON(CC)C1=O. The number of rotatable bonds is 2. The van der Waals surface area contributed by atoms with E-state index >= 15 is 0 Å². The van der Waals surface area contributed by atoms with Gasteiger partial charge in [-0.15, -0.1) is 0 Å². The van der Waals surface area contributed by atoms with Crippen LogP contribution in [0.3, 0.4) is 0 Å². The molecule has 1 rings (SSSR count). The van der Waals surface area contributed by atoms with Crippen molar-refractivity contribution in [3.8, 4) is 0 Å². The van der Waals surface area contributed by atoms with Gasteiger partial charge in [-0.25, -0.2) is 0 Å². The van der Waals surface area contributed by atoms with E-state index in [0.29, 0.717) is 6.54 Å². The Labute approximate surface area is 72.3 Å². The van der Waals surface area contributed by atoms with Crippen LogP contribution in [0.25, 0.3) is 0 Å². The van der Waals surface area contributed by atoms with E-state index in [9.17, 15) is 4.79 Å². The van der Waals surface area contributed by atoms with Gasteiger partial charge in [-0.05, 0) is 19.4 Å². The number of amides is 1. The summed E-state index contributed by atoms with van der Waals surface area (Å²) in [6, 6.07) is 0. The zero-order valence-electron chi connectivity index (χ0n) is 7.41. The molecule has 0 aromatic rings.